The zero-order chi connectivity index (χ0) is 26.9. The lowest BCUT2D eigenvalue weighted by atomic mass is 9.47. The van der Waals surface area contributed by atoms with Crippen molar-refractivity contribution in [3.05, 3.63) is 65.4 Å². The number of carbonyl (C=O) groups excluding carboxylic acids is 1. The van der Waals surface area contributed by atoms with E-state index >= 15 is 4.79 Å². The molecule has 39 heavy (non-hydrogen) atoms. The van der Waals surface area contributed by atoms with Crippen LogP contribution in [-0.4, -0.2) is 30.9 Å². The number of fused-ring (bicyclic) bond motifs is 3. The first kappa shape index (κ1) is 24.3. The predicted molar refractivity (Wildman–Crippen MR) is 145 cm³/mol. The van der Waals surface area contributed by atoms with Gasteiger partial charge in [0, 0.05) is 23.6 Å². The summed E-state index contributed by atoms with van der Waals surface area (Å²) in [7, 11) is 3.19. The summed E-state index contributed by atoms with van der Waals surface area (Å²) < 4.78 is 11.2. The highest BCUT2D eigenvalue weighted by atomic mass is 16.5. The Balaban J connectivity index is 1.45. The minimum atomic E-state index is -1.49. The molecule has 0 spiro atoms. The summed E-state index contributed by atoms with van der Waals surface area (Å²) in [4.78, 5) is 17.2. The number of ether oxygens (including phenoxy) is 2. The van der Waals surface area contributed by atoms with Gasteiger partial charge in [0.05, 0.1) is 38.4 Å². The lowest BCUT2D eigenvalue weighted by molar-refractivity contribution is -0.148. The van der Waals surface area contributed by atoms with Crippen LogP contribution in [0.4, 0.5) is 0 Å². The number of nitrogens with zero attached hydrogens (tertiary/aromatic N) is 3. The fourth-order valence-corrected chi connectivity index (χ4v) is 9.40. The topological polar surface area (TPSA) is 86.3 Å². The maximum Gasteiger partial charge on any atom is 0.177 e. The molecule has 2 aliphatic heterocycles. The van der Waals surface area contributed by atoms with E-state index in [0.29, 0.717) is 29.3 Å². The van der Waals surface area contributed by atoms with Crippen LogP contribution in [0.3, 0.4) is 0 Å². The molecule has 6 aliphatic rings. The first-order valence-electron chi connectivity index (χ1n) is 14.1. The third kappa shape index (κ3) is 3.34. The Labute approximate surface area is 229 Å². The number of carbonyl (C=O) groups is 1. The number of methoxy groups -OCH3 is 2. The summed E-state index contributed by atoms with van der Waals surface area (Å²) >= 11 is 0. The largest absolute Gasteiger partial charge is 0.497 e. The van der Waals surface area contributed by atoms with Crippen molar-refractivity contribution in [1.82, 2.24) is 4.90 Å². The molecule has 0 aromatic heterocycles. The number of hydrogen-bond donors (Lipinski definition) is 0. The van der Waals surface area contributed by atoms with E-state index in [1.807, 2.05) is 48.7 Å². The Morgan fingerprint density at radius 3 is 2.08 bits per heavy atom. The van der Waals surface area contributed by atoms with Crippen LogP contribution in [0.25, 0.3) is 6.08 Å². The van der Waals surface area contributed by atoms with Crippen molar-refractivity contribution in [1.29, 1.82) is 10.5 Å². The first-order chi connectivity index (χ1) is 18.9. The lowest BCUT2D eigenvalue weighted by Gasteiger charge is -2.57. The highest BCUT2D eigenvalue weighted by Gasteiger charge is 2.67. The van der Waals surface area contributed by atoms with Crippen LogP contribution in [0.2, 0.25) is 0 Å². The minimum Gasteiger partial charge on any atom is -0.497 e. The van der Waals surface area contributed by atoms with Crippen molar-refractivity contribution >= 4 is 11.9 Å². The number of ketones is 1. The van der Waals surface area contributed by atoms with Crippen LogP contribution < -0.4 is 9.47 Å². The van der Waals surface area contributed by atoms with Crippen LogP contribution >= 0.6 is 0 Å². The zero-order valence-corrected chi connectivity index (χ0v) is 22.5. The number of hydrogen-bond acceptors (Lipinski definition) is 6. The van der Waals surface area contributed by atoms with E-state index in [9.17, 15) is 10.5 Å². The molecule has 0 N–H and O–H groups in total. The van der Waals surface area contributed by atoms with Gasteiger partial charge < -0.3 is 14.4 Å². The highest BCUT2D eigenvalue weighted by molar-refractivity contribution is 5.93. The molecule has 3 atom stereocenters. The summed E-state index contributed by atoms with van der Waals surface area (Å²) in [5.74, 6) is 2.55. The SMILES string of the molecule is COc1cc(OC)cc(C2C(C(=O)C34CC5CC(CC(C5)C3)C4)N3C=Cc4ccccc4C3C2(C#N)C#N)c1. The van der Waals surface area contributed by atoms with E-state index in [2.05, 4.69) is 17.0 Å². The van der Waals surface area contributed by atoms with Gasteiger partial charge in [0.15, 0.2) is 11.2 Å². The molecule has 2 aromatic carbocycles. The van der Waals surface area contributed by atoms with Gasteiger partial charge >= 0.3 is 0 Å². The van der Waals surface area contributed by atoms with E-state index in [1.165, 1.54) is 19.3 Å². The average molecular weight is 520 g/mol. The molecule has 8 rings (SSSR count). The van der Waals surface area contributed by atoms with E-state index < -0.39 is 23.4 Å². The molecule has 0 radical (unpaired) electrons. The van der Waals surface area contributed by atoms with Crippen molar-refractivity contribution in [2.45, 2.75) is 56.5 Å². The molecule has 2 heterocycles. The van der Waals surface area contributed by atoms with E-state index in [4.69, 9.17) is 9.47 Å². The van der Waals surface area contributed by atoms with Gasteiger partial charge in [0.25, 0.3) is 0 Å². The smallest absolute Gasteiger partial charge is 0.177 e. The van der Waals surface area contributed by atoms with Gasteiger partial charge in [-0.3, -0.25) is 4.79 Å². The van der Waals surface area contributed by atoms with E-state index in [1.54, 1.807) is 20.3 Å². The molecule has 6 nitrogen and oxygen atoms in total. The number of nitriles is 2. The van der Waals surface area contributed by atoms with Crippen LogP contribution in [0.5, 0.6) is 11.5 Å². The van der Waals surface area contributed by atoms with Crippen molar-refractivity contribution in [2.24, 2.45) is 28.6 Å². The summed E-state index contributed by atoms with van der Waals surface area (Å²) in [6.07, 6.45) is 10.5. The molecule has 5 fully saturated rings. The van der Waals surface area contributed by atoms with Gasteiger partial charge in [-0.25, -0.2) is 0 Å². The number of rotatable bonds is 5. The molecule has 198 valence electrons. The molecule has 3 unspecified atom stereocenters. The molecule has 4 bridgehead atoms. The molecular weight excluding hydrogens is 486 g/mol. The summed E-state index contributed by atoms with van der Waals surface area (Å²) in [6.45, 7) is 0. The Hall–Kier alpha value is -3.77. The standard InChI is InChI=1S/C33H33N3O3/c1-38-25-12-24(13-26(14-25)39-2)28-29(31(37)32-15-20-9-21(16-32)11-22(10-20)17-32)36-8-7-23-5-3-4-6-27(23)30(36)33(28,18-34)19-35/h3-8,12-14,20-22,28-30H,9-11,15-17H2,1-2H3. The Morgan fingerprint density at radius 1 is 0.923 bits per heavy atom. The van der Waals surface area contributed by atoms with Crippen molar-refractivity contribution in [2.75, 3.05) is 14.2 Å². The summed E-state index contributed by atoms with van der Waals surface area (Å²) in [6, 6.07) is 17.3. The molecule has 0 amide bonds. The van der Waals surface area contributed by atoms with Crippen LogP contribution in [-0.2, 0) is 4.79 Å². The van der Waals surface area contributed by atoms with Crippen molar-refractivity contribution in [3.8, 4) is 23.6 Å². The van der Waals surface area contributed by atoms with Gasteiger partial charge in [-0.15, -0.1) is 0 Å². The van der Waals surface area contributed by atoms with Gasteiger partial charge in [-0.1, -0.05) is 24.3 Å². The summed E-state index contributed by atoms with van der Waals surface area (Å²) in [5, 5.41) is 21.8. The van der Waals surface area contributed by atoms with Crippen molar-refractivity contribution in [3.63, 3.8) is 0 Å². The Kier molecular flexibility index (Phi) is 5.37. The summed E-state index contributed by atoms with van der Waals surface area (Å²) in [5.41, 5.74) is 0.776. The second-order valence-electron chi connectivity index (χ2n) is 12.5. The van der Waals surface area contributed by atoms with Crippen LogP contribution in [0.15, 0.2) is 48.7 Å². The second-order valence-corrected chi connectivity index (χ2v) is 12.5. The molecule has 4 aliphatic carbocycles. The Morgan fingerprint density at radius 2 is 1.51 bits per heavy atom. The van der Waals surface area contributed by atoms with Crippen LogP contribution in [0.1, 0.15) is 67.2 Å². The normalized spacial score (nSPS) is 34.5. The second kappa shape index (κ2) is 8.62. The number of Topliss-reactive ketones (excluding diaryl/α,β-unsaturated/α-hetero) is 1. The van der Waals surface area contributed by atoms with E-state index in [-0.39, 0.29) is 11.2 Å². The maximum absolute atomic E-state index is 15.1. The maximum atomic E-state index is 15.1. The molecular formula is C33H33N3O3. The minimum absolute atomic E-state index is 0.217. The fourth-order valence-electron chi connectivity index (χ4n) is 9.40. The van der Waals surface area contributed by atoms with Gasteiger partial charge in [0.1, 0.15) is 11.5 Å². The average Bonchev–Trinajstić information content (AvgIpc) is 3.26. The van der Waals surface area contributed by atoms with Crippen LogP contribution in [0, 0.1) is 51.2 Å². The molecule has 6 heteroatoms. The predicted octanol–water partition coefficient (Wildman–Crippen LogP) is 6.02. The highest BCUT2D eigenvalue weighted by Crippen LogP contribution is 2.65. The number of benzene rings is 2. The van der Waals surface area contributed by atoms with Gasteiger partial charge in [-0.05, 0) is 91.2 Å². The molecule has 2 aromatic rings. The third-order valence-corrected chi connectivity index (χ3v) is 10.5. The monoisotopic (exact) mass is 519 g/mol. The lowest BCUT2D eigenvalue weighted by Crippen LogP contribution is -2.55. The zero-order valence-electron chi connectivity index (χ0n) is 22.5. The van der Waals surface area contributed by atoms with Crippen molar-refractivity contribution < 1.29 is 14.3 Å². The first-order valence-corrected chi connectivity index (χ1v) is 14.1. The quantitative estimate of drug-likeness (QED) is 0.480. The fraction of sp³-hybridized carbons (Fsp3) is 0.485. The van der Waals surface area contributed by atoms with E-state index in [0.717, 1.165) is 36.0 Å². The molecule has 1 saturated heterocycles. The molecule has 4 saturated carbocycles. The third-order valence-electron chi connectivity index (χ3n) is 10.5. The Bertz CT molecular complexity index is 1390. The van der Waals surface area contributed by atoms with Gasteiger partial charge in [-0.2, -0.15) is 10.5 Å². The van der Waals surface area contributed by atoms with Gasteiger partial charge in [0.2, 0.25) is 0 Å².